The number of hydrogen-bond donors (Lipinski definition) is 3. The normalized spacial score (nSPS) is 22.9. The standard InChI is InChI=1S/C14H17FN2O4/c1-8(9-3-2-4-10(15)5-9)16-14(21)17-7-11(18)6-12(17)13(19)20/h2-5,8,11-12,18H,6-7H2,1H3,(H,16,21)(H,19,20). The minimum absolute atomic E-state index is 0.0110. The molecule has 3 N–H and O–H groups in total. The van der Waals surface area contributed by atoms with Gasteiger partial charge in [-0.05, 0) is 24.6 Å². The number of aliphatic carboxylic acids is 1. The molecule has 1 aromatic carbocycles. The number of nitrogens with zero attached hydrogens (tertiary/aromatic N) is 1. The third-order valence-corrected chi connectivity index (χ3v) is 3.51. The lowest BCUT2D eigenvalue weighted by atomic mass is 10.1. The molecule has 3 unspecified atom stereocenters. The van der Waals surface area contributed by atoms with E-state index < -0.39 is 36.0 Å². The highest BCUT2D eigenvalue weighted by atomic mass is 19.1. The fraction of sp³-hybridized carbons (Fsp3) is 0.429. The molecule has 21 heavy (non-hydrogen) atoms. The van der Waals surface area contributed by atoms with E-state index in [1.165, 1.54) is 18.2 Å². The van der Waals surface area contributed by atoms with E-state index >= 15 is 0 Å². The minimum atomic E-state index is -1.15. The summed E-state index contributed by atoms with van der Waals surface area (Å²) in [6.45, 7) is 1.65. The molecule has 1 aliphatic rings. The second kappa shape index (κ2) is 6.09. The summed E-state index contributed by atoms with van der Waals surface area (Å²) < 4.78 is 13.2. The molecule has 0 spiro atoms. The van der Waals surface area contributed by atoms with Crippen LogP contribution in [0.1, 0.15) is 24.9 Å². The lowest BCUT2D eigenvalue weighted by Gasteiger charge is -2.24. The molecular weight excluding hydrogens is 279 g/mol. The van der Waals surface area contributed by atoms with Crippen molar-refractivity contribution in [3.8, 4) is 0 Å². The Bertz CT molecular complexity index is 552. The van der Waals surface area contributed by atoms with E-state index in [0.29, 0.717) is 5.56 Å². The number of aliphatic hydroxyl groups excluding tert-OH is 1. The number of carbonyl (C=O) groups excluding carboxylic acids is 1. The number of carbonyl (C=O) groups is 2. The van der Waals surface area contributed by atoms with Gasteiger partial charge in [-0.2, -0.15) is 0 Å². The molecule has 2 rings (SSSR count). The van der Waals surface area contributed by atoms with Crippen LogP contribution in [0.25, 0.3) is 0 Å². The molecule has 3 atom stereocenters. The number of hydrogen-bond acceptors (Lipinski definition) is 3. The molecule has 114 valence electrons. The molecule has 6 nitrogen and oxygen atoms in total. The molecule has 1 aliphatic heterocycles. The van der Waals surface area contributed by atoms with Gasteiger partial charge in [0.1, 0.15) is 11.9 Å². The van der Waals surface area contributed by atoms with Gasteiger partial charge in [0.15, 0.2) is 0 Å². The maximum atomic E-state index is 13.2. The van der Waals surface area contributed by atoms with Crippen molar-refractivity contribution in [3.63, 3.8) is 0 Å². The van der Waals surface area contributed by atoms with Gasteiger partial charge >= 0.3 is 12.0 Å². The molecule has 0 saturated carbocycles. The van der Waals surface area contributed by atoms with Gasteiger partial charge < -0.3 is 20.4 Å². The van der Waals surface area contributed by atoms with Crippen molar-refractivity contribution in [2.45, 2.75) is 31.5 Å². The number of β-amino-alcohol motifs (C(OH)–C–C–N with tert-alkyl or cyclic N) is 1. The second-order valence-corrected chi connectivity index (χ2v) is 5.12. The van der Waals surface area contributed by atoms with Gasteiger partial charge in [-0.3, -0.25) is 0 Å². The van der Waals surface area contributed by atoms with E-state index in [1.807, 2.05) is 0 Å². The molecule has 0 aromatic heterocycles. The van der Waals surface area contributed by atoms with E-state index in [9.17, 15) is 19.1 Å². The zero-order valence-corrected chi connectivity index (χ0v) is 11.5. The Morgan fingerprint density at radius 3 is 2.81 bits per heavy atom. The van der Waals surface area contributed by atoms with Crippen LogP contribution in [0.2, 0.25) is 0 Å². The van der Waals surface area contributed by atoms with Gasteiger partial charge in [0.25, 0.3) is 0 Å². The molecule has 0 aliphatic carbocycles. The number of benzene rings is 1. The molecule has 7 heteroatoms. The summed E-state index contributed by atoms with van der Waals surface area (Å²) in [4.78, 5) is 24.3. The van der Waals surface area contributed by atoms with Crippen molar-refractivity contribution in [2.24, 2.45) is 0 Å². The minimum Gasteiger partial charge on any atom is -0.480 e. The number of rotatable bonds is 3. The van der Waals surface area contributed by atoms with Gasteiger partial charge in [0, 0.05) is 13.0 Å². The number of likely N-dealkylation sites (tertiary alicyclic amines) is 1. The highest BCUT2D eigenvalue weighted by Crippen LogP contribution is 2.20. The topological polar surface area (TPSA) is 89.9 Å². The van der Waals surface area contributed by atoms with Crippen molar-refractivity contribution >= 4 is 12.0 Å². The zero-order valence-electron chi connectivity index (χ0n) is 11.5. The largest absolute Gasteiger partial charge is 0.480 e. The highest BCUT2D eigenvalue weighted by Gasteiger charge is 2.39. The quantitative estimate of drug-likeness (QED) is 0.779. The zero-order chi connectivity index (χ0) is 15.6. The van der Waals surface area contributed by atoms with Gasteiger partial charge in [0.05, 0.1) is 12.1 Å². The first-order chi connectivity index (χ1) is 9.88. The Balaban J connectivity index is 2.05. The van der Waals surface area contributed by atoms with Crippen molar-refractivity contribution in [2.75, 3.05) is 6.54 Å². The first-order valence-electron chi connectivity index (χ1n) is 6.62. The third-order valence-electron chi connectivity index (χ3n) is 3.51. The van der Waals surface area contributed by atoms with Crippen LogP contribution in [-0.2, 0) is 4.79 Å². The predicted molar refractivity (Wildman–Crippen MR) is 72.1 cm³/mol. The number of carboxylic acids is 1. The first kappa shape index (κ1) is 15.2. The van der Waals surface area contributed by atoms with Gasteiger partial charge in [-0.25, -0.2) is 14.0 Å². The number of urea groups is 1. The molecular formula is C14H17FN2O4. The smallest absolute Gasteiger partial charge is 0.326 e. The van der Waals surface area contributed by atoms with Crippen LogP contribution in [0.4, 0.5) is 9.18 Å². The van der Waals surface area contributed by atoms with E-state index in [2.05, 4.69) is 5.32 Å². The van der Waals surface area contributed by atoms with E-state index in [0.717, 1.165) is 4.90 Å². The Morgan fingerprint density at radius 2 is 2.19 bits per heavy atom. The summed E-state index contributed by atoms with van der Waals surface area (Å²) in [7, 11) is 0. The summed E-state index contributed by atoms with van der Waals surface area (Å²) in [6.07, 6.45) is -0.835. The first-order valence-corrected chi connectivity index (χ1v) is 6.62. The number of aliphatic hydroxyl groups is 1. The van der Waals surface area contributed by atoms with Gasteiger partial charge in [-0.1, -0.05) is 12.1 Å². The fourth-order valence-corrected chi connectivity index (χ4v) is 2.40. The summed E-state index contributed by atoms with van der Waals surface area (Å²) in [6, 6.07) is 3.71. The summed E-state index contributed by atoms with van der Waals surface area (Å²) in [5.74, 6) is -1.56. The predicted octanol–water partition coefficient (Wildman–Crippen LogP) is 1.12. The Labute approximate surface area is 121 Å². The van der Waals surface area contributed by atoms with Gasteiger partial charge in [0.2, 0.25) is 0 Å². The molecule has 1 saturated heterocycles. The van der Waals surface area contributed by atoms with Crippen molar-refractivity contribution < 1.29 is 24.2 Å². The summed E-state index contributed by atoms with van der Waals surface area (Å²) >= 11 is 0. The van der Waals surface area contributed by atoms with Crippen LogP contribution < -0.4 is 5.32 Å². The second-order valence-electron chi connectivity index (χ2n) is 5.12. The number of nitrogens with one attached hydrogen (secondary N) is 1. The Hall–Kier alpha value is -2.15. The van der Waals surface area contributed by atoms with Crippen LogP contribution in [-0.4, -0.2) is 45.8 Å². The molecule has 0 radical (unpaired) electrons. The third kappa shape index (κ3) is 3.49. The number of amides is 2. The lowest BCUT2D eigenvalue weighted by Crippen LogP contribution is -2.46. The average molecular weight is 296 g/mol. The average Bonchev–Trinajstić information content (AvgIpc) is 2.81. The van der Waals surface area contributed by atoms with Gasteiger partial charge in [-0.15, -0.1) is 0 Å². The maximum absolute atomic E-state index is 13.2. The van der Waals surface area contributed by atoms with Crippen LogP contribution in [0.3, 0.4) is 0 Å². The van der Waals surface area contributed by atoms with E-state index in [4.69, 9.17) is 5.11 Å². The van der Waals surface area contributed by atoms with Crippen molar-refractivity contribution in [3.05, 3.63) is 35.6 Å². The van der Waals surface area contributed by atoms with E-state index in [-0.39, 0.29) is 13.0 Å². The number of carboxylic acid groups (broad SMARTS) is 1. The summed E-state index contributed by atoms with van der Waals surface area (Å²) in [5, 5.41) is 21.2. The molecule has 2 amide bonds. The molecule has 0 bridgehead atoms. The monoisotopic (exact) mass is 296 g/mol. The van der Waals surface area contributed by atoms with Crippen molar-refractivity contribution in [1.82, 2.24) is 10.2 Å². The van der Waals surface area contributed by atoms with Crippen LogP contribution in [0.5, 0.6) is 0 Å². The van der Waals surface area contributed by atoms with Crippen molar-refractivity contribution in [1.29, 1.82) is 0 Å². The highest BCUT2D eigenvalue weighted by molar-refractivity contribution is 5.83. The Morgan fingerprint density at radius 1 is 1.48 bits per heavy atom. The van der Waals surface area contributed by atoms with E-state index in [1.54, 1.807) is 13.0 Å². The van der Waals surface area contributed by atoms with Crippen LogP contribution in [0, 0.1) is 5.82 Å². The fourth-order valence-electron chi connectivity index (χ4n) is 2.40. The van der Waals surface area contributed by atoms with Crippen LogP contribution in [0.15, 0.2) is 24.3 Å². The van der Waals surface area contributed by atoms with Crippen LogP contribution >= 0.6 is 0 Å². The molecule has 1 heterocycles. The molecule has 1 aromatic rings. The Kier molecular flexibility index (Phi) is 4.42. The summed E-state index contributed by atoms with van der Waals surface area (Å²) in [5.41, 5.74) is 0.579. The lowest BCUT2D eigenvalue weighted by molar-refractivity contribution is -0.141. The maximum Gasteiger partial charge on any atom is 0.326 e. The SMILES string of the molecule is CC(NC(=O)N1CC(O)CC1C(=O)O)c1cccc(F)c1. The molecule has 1 fully saturated rings. The number of halogens is 1.